The summed E-state index contributed by atoms with van der Waals surface area (Å²) in [6.45, 7) is -0.0855. The zero-order valence-electron chi connectivity index (χ0n) is 17.4. The minimum Gasteiger partial charge on any atom is -0.379 e. The fourth-order valence-corrected chi connectivity index (χ4v) is 7.55. The van der Waals surface area contributed by atoms with E-state index in [2.05, 4.69) is 15.1 Å². The van der Waals surface area contributed by atoms with E-state index in [1.807, 2.05) is 19.0 Å². The van der Waals surface area contributed by atoms with Crippen LogP contribution in [-0.4, -0.2) is 55.3 Å². The lowest BCUT2D eigenvalue weighted by Gasteiger charge is -2.36. The van der Waals surface area contributed by atoms with Gasteiger partial charge < -0.3 is 15.1 Å². The van der Waals surface area contributed by atoms with Gasteiger partial charge in [-0.15, -0.1) is 34.5 Å². The molecule has 0 saturated heterocycles. The van der Waals surface area contributed by atoms with E-state index in [4.69, 9.17) is 34.8 Å². The number of nitrogens with zero attached hydrogens (tertiary/aromatic N) is 3. The van der Waals surface area contributed by atoms with Crippen LogP contribution in [0.4, 0.5) is 15.2 Å². The van der Waals surface area contributed by atoms with Crippen molar-refractivity contribution in [3.8, 4) is 0 Å². The van der Waals surface area contributed by atoms with E-state index < -0.39 is 25.1 Å². The second-order valence-corrected chi connectivity index (χ2v) is 12.6. The lowest BCUT2D eigenvalue weighted by molar-refractivity contribution is -0.128. The lowest BCUT2D eigenvalue weighted by atomic mass is 9.89. The second kappa shape index (κ2) is 9.01. The number of hydrogen-bond acceptors (Lipinski definition) is 8. The number of halogens is 4. The van der Waals surface area contributed by atoms with E-state index in [-0.39, 0.29) is 50.7 Å². The third-order valence-corrected chi connectivity index (χ3v) is 9.92. The molecule has 0 spiro atoms. The Morgan fingerprint density at radius 3 is 2.61 bits per heavy atom. The number of alkyl halides is 2. The van der Waals surface area contributed by atoms with Gasteiger partial charge >= 0.3 is 16.5 Å². The summed E-state index contributed by atoms with van der Waals surface area (Å²) in [5.74, 6) is -0.755. The minimum absolute atomic E-state index is 0.0152. The summed E-state index contributed by atoms with van der Waals surface area (Å²) < 4.78 is 40.6. The first kappa shape index (κ1) is 24.7. The van der Waals surface area contributed by atoms with Crippen molar-refractivity contribution in [3.05, 3.63) is 34.5 Å². The number of thiazole rings is 1. The summed E-state index contributed by atoms with van der Waals surface area (Å²) in [5, 5.41) is 4.54. The molecule has 2 aliphatic rings. The van der Waals surface area contributed by atoms with Crippen molar-refractivity contribution in [1.29, 1.82) is 0 Å². The molecular weight excluding hydrogens is 538 g/mol. The number of nitrogens with one attached hydrogen (secondary N) is 1. The number of aromatic nitrogens is 1. The van der Waals surface area contributed by atoms with Gasteiger partial charge in [-0.2, -0.15) is 8.42 Å². The minimum atomic E-state index is -4.63. The van der Waals surface area contributed by atoms with Crippen molar-refractivity contribution < 1.29 is 22.4 Å². The second-order valence-electron chi connectivity index (χ2n) is 8.15. The Morgan fingerprint density at radius 2 is 2.00 bits per heavy atom. The van der Waals surface area contributed by atoms with Crippen LogP contribution >= 0.6 is 46.1 Å². The molecule has 0 radical (unpaired) electrons. The highest BCUT2D eigenvalue weighted by Gasteiger charge is 2.66. The summed E-state index contributed by atoms with van der Waals surface area (Å²) in [4.78, 5) is 20.6. The number of rotatable bonds is 8. The highest BCUT2D eigenvalue weighted by molar-refractivity contribution is 7.92. The zero-order chi connectivity index (χ0) is 24.1. The molecule has 180 valence electrons. The molecule has 4 rings (SSSR count). The molecule has 1 N–H and O–H groups in total. The summed E-state index contributed by atoms with van der Waals surface area (Å²) in [5.41, 5.74) is 0.232. The van der Waals surface area contributed by atoms with Gasteiger partial charge in [-0.3, -0.25) is 4.79 Å². The molecule has 2 saturated carbocycles. The van der Waals surface area contributed by atoms with Crippen LogP contribution in [0.3, 0.4) is 0 Å². The molecule has 0 bridgehead atoms. The molecule has 2 fully saturated rings. The topological polar surface area (TPSA) is 91.8 Å². The Bertz CT molecular complexity index is 1150. The van der Waals surface area contributed by atoms with Crippen LogP contribution in [0.5, 0.6) is 0 Å². The molecule has 4 atom stereocenters. The van der Waals surface area contributed by atoms with Crippen LogP contribution in [0.15, 0.2) is 28.6 Å². The van der Waals surface area contributed by atoms with Crippen molar-refractivity contribution in [2.45, 2.75) is 34.2 Å². The van der Waals surface area contributed by atoms with Crippen LogP contribution in [0, 0.1) is 17.7 Å². The molecule has 1 heterocycles. The predicted octanol–water partition coefficient (Wildman–Crippen LogP) is 4.14. The number of anilines is 2. The van der Waals surface area contributed by atoms with Crippen LogP contribution in [0.2, 0.25) is 5.02 Å². The van der Waals surface area contributed by atoms with Gasteiger partial charge in [-0.1, -0.05) is 16.1 Å². The molecule has 33 heavy (non-hydrogen) atoms. The number of hydrogen-bond donors (Lipinski definition) is 1. The smallest absolute Gasteiger partial charge is 0.322 e. The lowest BCUT2D eigenvalue weighted by Crippen LogP contribution is -2.46. The fraction of sp³-hybridized carbons (Fsp3) is 0.474. The molecule has 2 aliphatic carbocycles. The Kier molecular flexibility index (Phi) is 6.76. The van der Waals surface area contributed by atoms with Crippen molar-refractivity contribution in [2.75, 3.05) is 23.9 Å². The molecule has 8 nitrogen and oxygen atoms in total. The molecule has 0 aliphatic heterocycles. The van der Waals surface area contributed by atoms with Crippen LogP contribution in [0.25, 0.3) is 0 Å². The van der Waals surface area contributed by atoms with Crippen LogP contribution in [-0.2, 0) is 19.7 Å². The maximum Gasteiger partial charge on any atom is 0.322 e. The number of carbonyl (C=O) groups excluding carboxylic acids is 1. The monoisotopic (exact) mass is 556 g/mol. The molecule has 1 aromatic heterocycles. The highest BCUT2D eigenvalue weighted by atomic mass is 35.5. The predicted molar refractivity (Wildman–Crippen MR) is 126 cm³/mol. The molecule has 0 amide bonds. The van der Waals surface area contributed by atoms with Gasteiger partial charge in [0.15, 0.2) is 0 Å². The van der Waals surface area contributed by atoms with Gasteiger partial charge in [0.25, 0.3) is 0 Å². The van der Waals surface area contributed by atoms with Crippen LogP contribution < -0.4 is 9.79 Å². The summed E-state index contributed by atoms with van der Waals surface area (Å²) >= 11 is 20.1. The summed E-state index contributed by atoms with van der Waals surface area (Å²) in [7, 11) is -0.764. The van der Waals surface area contributed by atoms with E-state index in [9.17, 15) is 13.2 Å². The van der Waals surface area contributed by atoms with Gasteiger partial charge in [0.2, 0.25) is 5.13 Å². The quantitative estimate of drug-likeness (QED) is 0.296. The van der Waals surface area contributed by atoms with Crippen molar-refractivity contribution in [2.24, 2.45) is 11.8 Å². The fourth-order valence-electron chi connectivity index (χ4n) is 4.36. The Hall–Kier alpha value is -1.37. The van der Waals surface area contributed by atoms with Crippen molar-refractivity contribution in [3.63, 3.8) is 0 Å². The van der Waals surface area contributed by atoms with E-state index in [1.165, 1.54) is 11.6 Å². The number of benzene rings is 1. The number of sulfonamides is 1. The van der Waals surface area contributed by atoms with E-state index in [1.54, 1.807) is 0 Å². The van der Waals surface area contributed by atoms with Gasteiger partial charge in [0.1, 0.15) is 15.0 Å². The zero-order valence-corrected chi connectivity index (χ0v) is 21.3. The average Bonchev–Trinajstić information content (AvgIpc) is 3.09. The first-order valence-electron chi connectivity index (χ1n) is 9.83. The number of carbonyl (C=O) groups is 1. The van der Waals surface area contributed by atoms with Gasteiger partial charge in [-0.25, -0.2) is 9.37 Å². The largest absolute Gasteiger partial charge is 0.379 e. The summed E-state index contributed by atoms with van der Waals surface area (Å²) in [6.07, 6.45) is 2.74. The molecule has 0 unspecified atom stereocenters. The Labute approximate surface area is 209 Å². The van der Waals surface area contributed by atoms with E-state index in [0.29, 0.717) is 6.42 Å². The normalized spacial score (nSPS) is 25.9. The maximum absolute atomic E-state index is 15.1. The van der Waals surface area contributed by atoms with Crippen molar-refractivity contribution >= 4 is 73.5 Å². The molecule has 1 aromatic carbocycles. The number of fused-ring (bicyclic) bond motifs is 1. The number of likely N-dealkylation sites (N-methyl/N-ethyl adjacent to an activating group) is 1. The first-order chi connectivity index (χ1) is 15.5. The van der Waals surface area contributed by atoms with Gasteiger partial charge in [0.05, 0.1) is 10.7 Å². The molecule has 2 aromatic rings. The standard InChI is InChI=1S/C19H20Cl3FN4O4S2/c1-26(2)16-6-11-10(19(11,21)22)5-15(16)25-14-8-13(23)17(7-12(14)20)33(29,30)27(31-9-28)18-24-3-4-32-18/h3-4,7-11,15-16,25H,5-6H2,1-2H3/t10-,11+,15-,16-/m1/s1. The molecule has 14 heteroatoms. The van der Waals surface area contributed by atoms with Crippen molar-refractivity contribution in [1.82, 2.24) is 9.88 Å². The Balaban J connectivity index is 1.63. The third-order valence-electron chi connectivity index (χ3n) is 6.07. The Morgan fingerprint density at radius 1 is 1.30 bits per heavy atom. The average molecular weight is 558 g/mol. The van der Waals surface area contributed by atoms with Gasteiger partial charge in [-0.05, 0) is 50.9 Å². The summed E-state index contributed by atoms with van der Waals surface area (Å²) in [6, 6.07) is 1.92. The third kappa shape index (κ3) is 4.51. The van der Waals surface area contributed by atoms with E-state index in [0.717, 1.165) is 29.9 Å². The maximum atomic E-state index is 15.1. The van der Waals surface area contributed by atoms with Crippen LogP contribution in [0.1, 0.15) is 12.8 Å². The van der Waals surface area contributed by atoms with Gasteiger partial charge in [0, 0.05) is 23.7 Å². The first-order valence-corrected chi connectivity index (χ1v) is 13.3. The SMILES string of the molecule is CN(C)[C@@H]1C[C@H]2[C@@H](C[C@H]1Nc1cc(F)c(S(=O)(=O)N(OC=O)c3nccs3)cc1Cl)C2(Cl)Cl. The van der Waals surface area contributed by atoms with E-state index >= 15 is 4.39 Å². The molecular formula is C19H20Cl3FN4O4S2. The highest BCUT2D eigenvalue weighted by Crippen LogP contribution is 2.65.